The number of hydrogen-bond donors (Lipinski definition) is 6. The second-order valence-corrected chi connectivity index (χ2v) is 12.2. The molecule has 0 bridgehead atoms. The number of aromatic hydroxyl groups is 1. The number of hydrogen-bond acceptors (Lipinski definition) is 12. The van der Waals surface area contributed by atoms with Gasteiger partial charge in [-0.05, 0) is 47.9 Å². The van der Waals surface area contributed by atoms with Gasteiger partial charge in [0.2, 0.25) is 12.1 Å². The Morgan fingerprint density at radius 1 is 0.860 bits per heavy atom. The molecule has 6 N–H and O–H groups in total. The highest BCUT2D eigenvalue weighted by Gasteiger charge is 2.54. The first-order valence-electron chi connectivity index (χ1n) is 15.7. The lowest BCUT2D eigenvalue weighted by molar-refractivity contribution is -0.371. The number of aliphatic hydroxyl groups excluding tert-OH is 3. The van der Waals surface area contributed by atoms with E-state index in [4.69, 9.17) is 14.2 Å². The second kappa shape index (κ2) is 13.6. The van der Waals surface area contributed by atoms with Crippen LogP contribution >= 0.6 is 0 Å². The number of aliphatic hydroxyl groups is 5. The number of phenols is 1. The summed E-state index contributed by atoms with van der Waals surface area (Å²) >= 11 is 0. The molecule has 0 spiro atoms. The molecule has 4 aromatic carbocycles. The summed E-state index contributed by atoms with van der Waals surface area (Å²) in [5.41, 5.74) is 1.24. The Morgan fingerprint density at radius 3 is 2.26 bits per heavy atom. The number of ether oxygens (including phenoxy) is 3. The average Bonchev–Trinajstić information content (AvgIpc) is 3.09. The number of ketones is 2. The Morgan fingerprint density at radius 2 is 1.56 bits per heavy atom. The van der Waals surface area contributed by atoms with Gasteiger partial charge in [0.05, 0.1) is 18.3 Å². The van der Waals surface area contributed by atoms with E-state index in [1.165, 1.54) is 32.0 Å². The van der Waals surface area contributed by atoms with Crippen LogP contribution in [0.1, 0.15) is 73.5 Å². The van der Waals surface area contributed by atoms with Gasteiger partial charge in [-0.15, -0.1) is 0 Å². The molecule has 50 heavy (non-hydrogen) atoms. The van der Waals surface area contributed by atoms with Crippen molar-refractivity contribution >= 4 is 29.7 Å². The van der Waals surface area contributed by atoms with Crippen LogP contribution in [0.5, 0.6) is 17.2 Å². The van der Waals surface area contributed by atoms with Gasteiger partial charge in [-0.3, -0.25) is 14.4 Å². The molecule has 0 unspecified atom stereocenters. The Labute approximate surface area is 286 Å². The van der Waals surface area contributed by atoms with Crippen LogP contribution in [-0.4, -0.2) is 78.6 Å². The monoisotopic (exact) mass is 682 g/mol. The number of carbonyl (C=O) groups excluding carboxylic acids is 3. The van der Waals surface area contributed by atoms with Crippen LogP contribution in [-0.2, 0) is 22.6 Å². The fourth-order valence-electron chi connectivity index (χ4n) is 6.17. The van der Waals surface area contributed by atoms with E-state index in [9.17, 15) is 45.0 Å². The summed E-state index contributed by atoms with van der Waals surface area (Å²) in [5.74, 6) is -5.98. The minimum atomic E-state index is -3.05. The first-order valence-corrected chi connectivity index (χ1v) is 15.7. The number of phenolic OH excluding ortho intramolecular Hbond substituents is 1. The van der Waals surface area contributed by atoms with Crippen molar-refractivity contribution in [2.24, 2.45) is 0 Å². The molecule has 12 nitrogen and oxygen atoms in total. The number of carbonyl (C=O) groups is 3. The zero-order valence-corrected chi connectivity index (χ0v) is 26.9. The molecule has 258 valence electrons. The third-order valence-corrected chi connectivity index (χ3v) is 8.73. The third-order valence-electron chi connectivity index (χ3n) is 8.73. The third kappa shape index (κ3) is 6.31. The van der Waals surface area contributed by atoms with Crippen LogP contribution < -0.4 is 9.47 Å². The lowest BCUT2D eigenvalue weighted by Gasteiger charge is -2.44. The second-order valence-electron chi connectivity index (χ2n) is 12.2. The van der Waals surface area contributed by atoms with E-state index in [0.29, 0.717) is 11.1 Å². The van der Waals surface area contributed by atoms with E-state index >= 15 is 0 Å². The molecule has 12 heteroatoms. The van der Waals surface area contributed by atoms with Gasteiger partial charge >= 0.3 is 5.97 Å². The quantitative estimate of drug-likeness (QED) is 0.0606. The molecule has 1 fully saturated rings. The van der Waals surface area contributed by atoms with Gasteiger partial charge in [0.15, 0.2) is 17.7 Å². The summed E-state index contributed by atoms with van der Waals surface area (Å²) in [5, 5.41) is 63.3. The fourth-order valence-corrected chi connectivity index (χ4v) is 6.17. The molecule has 0 aromatic heterocycles. The highest BCUT2D eigenvalue weighted by atomic mass is 16.7. The van der Waals surface area contributed by atoms with Crippen molar-refractivity contribution in [1.29, 1.82) is 0 Å². The Bertz CT molecular complexity index is 2020. The summed E-state index contributed by atoms with van der Waals surface area (Å²) in [4.78, 5) is 40.6. The summed E-state index contributed by atoms with van der Waals surface area (Å²) in [6, 6.07) is 19.7. The molecule has 1 saturated heterocycles. The molecule has 0 radical (unpaired) electrons. The van der Waals surface area contributed by atoms with Gasteiger partial charge in [-0.25, -0.2) is 0 Å². The van der Waals surface area contributed by atoms with Gasteiger partial charge in [-0.2, -0.15) is 0 Å². The van der Waals surface area contributed by atoms with E-state index in [2.05, 4.69) is 0 Å². The molecule has 0 amide bonds. The number of esters is 1. The van der Waals surface area contributed by atoms with Gasteiger partial charge in [0, 0.05) is 41.2 Å². The Balaban J connectivity index is 1.52. The van der Waals surface area contributed by atoms with Crippen molar-refractivity contribution in [2.75, 3.05) is 0 Å². The zero-order chi connectivity index (χ0) is 35.9. The Hall–Kier alpha value is -5.21. The van der Waals surface area contributed by atoms with E-state index < -0.39 is 53.7 Å². The smallest absolute Gasteiger partial charge is 0.308 e. The lowest BCUT2D eigenvalue weighted by Crippen LogP contribution is -2.67. The predicted molar refractivity (Wildman–Crippen MR) is 177 cm³/mol. The van der Waals surface area contributed by atoms with Gasteiger partial charge < -0.3 is 44.8 Å². The van der Waals surface area contributed by atoms with Crippen LogP contribution in [0, 0.1) is 0 Å². The molecule has 0 saturated carbocycles. The maximum atomic E-state index is 14.4. The predicted octanol–water partition coefficient (Wildman–Crippen LogP) is 2.87. The van der Waals surface area contributed by atoms with Gasteiger partial charge in [0.25, 0.3) is 0 Å². The molecule has 1 aliphatic heterocycles. The van der Waals surface area contributed by atoms with Gasteiger partial charge in [0.1, 0.15) is 23.4 Å². The van der Waals surface area contributed by atoms with Crippen molar-refractivity contribution in [3.8, 4) is 17.2 Å². The molecule has 1 heterocycles. The zero-order valence-electron chi connectivity index (χ0n) is 26.9. The van der Waals surface area contributed by atoms with Crippen LogP contribution in [0.4, 0.5) is 0 Å². The van der Waals surface area contributed by atoms with Crippen LogP contribution in [0.15, 0.2) is 72.8 Å². The summed E-state index contributed by atoms with van der Waals surface area (Å²) in [6.45, 7) is 2.25. The molecular formula is C38H34O12. The Kier molecular flexibility index (Phi) is 9.42. The van der Waals surface area contributed by atoms with E-state index in [1.807, 2.05) is 30.3 Å². The standard InChI is InChI=1S/C38H34O12/c1-19-35(44)38(46,47)36(45)37(48-19)50-29-17-27-31(33(42)26(29)16-22-9-6-10-23(15-22)18-39)32(41)25-13-14-28(49-20(2)40)24(30(25)34(27)43)12-11-21-7-4-3-5-8-21/h3-15,17,19,35-37,39,42,44-47H,16,18H2,1-2H3/t19-,35-,36+,37-/m1/s1. The van der Waals surface area contributed by atoms with Crippen LogP contribution in [0.25, 0.3) is 12.2 Å². The lowest BCUT2D eigenvalue weighted by atomic mass is 9.79. The molecule has 1 aliphatic carbocycles. The minimum absolute atomic E-state index is 0.0137. The maximum absolute atomic E-state index is 14.4. The van der Waals surface area contributed by atoms with Crippen molar-refractivity contribution in [1.82, 2.24) is 0 Å². The largest absolute Gasteiger partial charge is 0.507 e. The number of fused-ring (bicyclic) bond motifs is 2. The first-order chi connectivity index (χ1) is 23.8. The summed E-state index contributed by atoms with van der Waals surface area (Å²) < 4.78 is 16.9. The SMILES string of the molecule is CC(=O)Oc1ccc2c(c1C=Cc1ccccc1)C(=O)c1cc(O[C@H]3O[C@H](C)[C@@H](O)C(O)(O)[C@H]3O)c(Cc3cccc(CO)c3)c(O)c1C2=O. The fraction of sp³-hybridized carbons (Fsp3) is 0.237. The molecular weight excluding hydrogens is 648 g/mol. The summed E-state index contributed by atoms with van der Waals surface area (Å²) in [7, 11) is 0. The highest BCUT2D eigenvalue weighted by molar-refractivity contribution is 6.31. The van der Waals surface area contributed by atoms with Crippen LogP contribution in [0.3, 0.4) is 0 Å². The summed E-state index contributed by atoms with van der Waals surface area (Å²) in [6.07, 6.45) is -4.04. The van der Waals surface area contributed by atoms with E-state index in [1.54, 1.807) is 36.4 Å². The maximum Gasteiger partial charge on any atom is 0.308 e. The van der Waals surface area contributed by atoms with Crippen molar-refractivity contribution in [2.45, 2.75) is 57.3 Å². The van der Waals surface area contributed by atoms with Gasteiger partial charge in [-0.1, -0.05) is 60.7 Å². The molecule has 4 atom stereocenters. The first kappa shape index (κ1) is 34.6. The van der Waals surface area contributed by atoms with E-state index in [-0.39, 0.29) is 57.9 Å². The molecule has 2 aliphatic rings. The average molecular weight is 683 g/mol. The van der Waals surface area contributed by atoms with E-state index in [0.717, 1.165) is 5.56 Å². The molecule has 4 aromatic rings. The topological polar surface area (TPSA) is 200 Å². The minimum Gasteiger partial charge on any atom is -0.507 e. The van der Waals surface area contributed by atoms with Crippen molar-refractivity contribution < 1.29 is 59.2 Å². The molecule has 6 rings (SSSR count). The van der Waals surface area contributed by atoms with Crippen molar-refractivity contribution in [3.05, 3.63) is 123 Å². The van der Waals surface area contributed by atoms with Crippen molar-refractivity contribution in [3.63, 3.8) is 0 Å². The number of benzene rings is 4. The van der Waals surface area contributed by atoms with Crippen LogP contribution in [0.2, 0.25) is 0 Å². The normalized spacial score (nSPS) is 21.1. The highest BCUT2D eigenvalue weighted by Crippen LogP contribution is 2.44. The number of rotatable bonds is 8.